The zero-order chi connectivity index (χ0) is 17.6. The summed E-state index contributed by atoms with van der Waals surface area (Å²) < 4.78 is 19.2. The van der Waals surface area contributed by atoms with Crippen LogP contribution in [0.15, 0.2) is 42.5 Å². The highest BCUT2D eigenvalue weighted by molar-refractivity contribution is 5.45. The van der Waals surface area contributed by atoms with Gasteiger partial charge in [0, 0.05) is 18.2 Å². The third-order valence-corrected chi connectivity index (χ3v) is 4.85. The van der Waals surface area contributed by atoms with Gasteiger partial charge in [0.05, 0.1) is 6.61 Å². The third-order valence-electron chi connectivity index (χ3n) is 4.85. The fourth-order valence-electron chi connectivity index (χ4n) is 3.63. The van der Waals surface area contributed by atoms with Gasteiger partial charge in [0.2, 0.25) is 0 Å². The van der Waals surface area contributed by atoms with Crippen molar-refractivity contribution in [2.24, 2.45) is 0 Å². The molecule has 1 aliphatic heterocycles. The van der Waals surface area contributed by atoms with Gasteiger partial charge in [0.1, 0.15) is 5.82 Å². The van der Waals surface area contributed by atoms with E-state index >= 15 is 0 Å². The van der Waals surface area contributed by atoms with Crippen LogP contribution in [0, 0.1) is 5.82 Å². The van der Waals surface area contributed by atoms with Crippen molar-refractivity contribution in [3.8, 4) is 11.5 Å². The van der Waals surface area contributed by atoms with E-state index in [0.29, 0.717) is 18.9 Å². The molecule has 1 unspecified atom stereocenters. The summed E-state index contributed by atoms with van der Waals surface area (Å²) in [5.74, 6) is 0.548. The van der Waals surface area contributed by atoms with Gasteiger partial charge in [0.25, 0.3) is 0 Å². The van der Waals surface area contributed by atoms with Gasteiger partial charge in [-0.15, -0.1) is 0 Å². The van der Waals surface area contributed by atoms with E-state index < -0.39 is 0 Å². The number of hydrogen-bond acceptors (Lipinski definition) is 3. The molecule has 0 saturated carbocycles. The van der Waals surface area contributed by atoms with E-state index in [-0.39, 0.29) is 17.6 Å². The van der Waals surface area contributed by atoms with Gasteiger partial charge < -0.3 is 9.84 Å². The van der Waals surface area contributed by atoms with E-state index in [0.717, 1.165) is 36.9 Å². The molecular weight excluding hydrogens is 317 g/mol. The minimum Gasteiger partial charge on any atom is -0.504 e. The maximum absolute atomic E-state index is 13.7. The van der Waals surface area contributed by atoms with Gasteiger partial charge in [-0.2, -0.15) is 0 Å². The van der Waals surface area contributed by atoms with Crippen LogP contribution in [0.3, 0.4) is 0 Å². The second kappa shape index (κ2) is 8.34. The average Bonchev–Trinajstić information content (AvgIpc) is 2.84. The molecule has 134 valence electrons. The Balaban J connectivity index is 1.86. The first-order chi connectivity index (χ1) is 12.2. The van der Waals surface area contributed by atoms with Crippen molar-refractivity contribution in [3.05, 3.63) is 59.4 Å². The summed E-state index contributed by atoms with van der Waals surface area (Å²) in [7, 11) is 0. The van der Waals surface area contributed by atoms with Crippen LogP contribution in [0.4, 0.5) is 4.39 Å². The van der Waals surface area contributed by atoms with Crippen LogP contribution in [-0.2, 0) is 6.54 Å². The first-order valence-corrected chi connectivity index (χ1v) is 9.12. The van der Waals surface area contributed by atoms with E-state index in [2.05, 4.69) is 4.90 Å². The molecule has 0 aliphatic carbocycles. The quantitative estimate of drug-likeness (QED) is 0.825. The van der Waals surface area contributed by atoms with Crippen molar-refractivity contribution in [1.82, 2.24) is 4.90 Å². The number of aromatic hydroxyl groups is 1. The summed E-state index contributed by atoms with van der Waals surface area (Å²) in [6.45, 7) is 4.00. The maximum atomic E-state index is 13.7. The number of phenols is 1. The molecular formula is C21H26FNO2. The smallest absolute Gasteiger partial charge is 0.162 e. The number of benzene rings is 2. The lowest BCUT2D eigenvalue weighted by Gasteiger charge is -2.30. The van der Waals surface area contributed by atoms with Gasteiger partial charge in [-0.25, -0.2) is 4.39 Å². The van der Waals surface area contributed by atoms with Crippen molar-refractivity contribution in [1.29, 1.82) is 0 Å². The highest BCUT2D eigenvalue weighted by Crippen LogP contribution is 2.35. The van der Waals surface area contributed by atoms with Crippen LogP contribution in [0.2, 0.25) is 0 Å². The number of rotatable bonds is 5. The Morgan fingerprint density at radius 2 is 2.00 bits per heavy atom. The van der Waals surface area contributed by atoms with Crippen molar-refractivity contribution in [3.63, 3.8) is 0 Å². The molecule has 0 radical (unpaired) electrons. The van der Waals surface area contributed by atoms with Crippen molar-refractivity contribution < 1.29 is 14.2 Å². The molecule has 2 aromatic carbocycles. The Hall–Kier alpha value is -2.07. The molecule has 0 aromatic heterocycles. The normalized spacial score (nSPS) is 18.7. The van der Waals surface area contributed by atoms with Crippen LogP contribution in [0.1, 0.15) is 49.8 Å². The molecule has 0 amide bonds. The standard InChI is InChI=1S/C21H26FNO2/c1-2-25-20-12-7-9-17(21(20)24)15-23-13-5-3-4-11-19(23)16-8-6-10-18(22)14-16/h6-10,12,14,19,24H,2-5,11,13,15H2,1H3. The lowest BCUT2D eigenvalue weighted by atomic mass is 10.00. The SMILES string of the molecule is CCOc1cccc(CN2CCCCCC2c2cccc(F)c2)c1O. The molecule has 4 heteroatoms. The Bertz CT molecular complexity index is 704. The molecule has 1 aliphatic rings. The lowest BCUT2D eigenvalue weighted by molar-refractivity contribution is 0.189. The summed E-state index contributed by atoms with van der Waals surface area (Å²) in [4.78, 5) is 2.35. The maximum Gasteiger partial charge on any atom is 0.162 e. The second-order valence-electron chi connectivity index (χ2n) is 6.59. The number of para-hydroxylation sites is 1. The van der Waals surface area contributed by atoms with Crippen LogP contribution >= 0.6 is 0 Å². The summed E-state index contributed by atoms with van der Waals surface area (Å²) >= 11 is 0. The molecule has 0 spiro atoms. The zero-order valence-electron chi connectivity index (χ0n) is 14.7. The van der Waals surface area contributed by atoms with E-state index in [1.165, 1.54) is 12.5 Å². The lowest BCUT2D eigenvalue weighted by Crippen LogP contribution is -2.28. The number of hydrogen-bond donors (Lipinski definition) is 1. The molecule has 3 rings (SSSR count). The van der Waals surface area contributed by atoms with Crippen LogP contribution in [0.25, 0.3) is 0 Å². The van der Waals surface area contributed by atoms with Gasteiger partial charge in [-0.1, -0.05) is 37.1 Å². The van der Waals surface area contributed by atoms with Gasteiger partial charge in [-0.3, -0.25) is 4.90 Å². The molecule has 3 nitrogen and oxygen atoms in total. The third kappa shape index (κ3) is 4.31. The monoisotopic (exact) mass is 343 g/mol. The van der Waals surface area contributed by atoms with Crippen molar-refractivity contribution in [2.45, 2.75) is 45.2 Å². The number of ether oxygens (including phenoxy) is 1. The van der Waals surface area contributed by atoms with E-state index in [1.54, 1.807) is 18.2 Å². The minimum absolute atomic E-state index is 0.174. The first kappa shape index (κ1) is 17.7. The fourth-order valence-corrected chi connectivity index (χ4v) is 3.63. The van der Waals surface area contributed by atoms with Crippen LogP contribution in [-0.4, -0.2) is 23.2 Å². The summed E-state index contributed by atoms with van der Waals surface area (Å²) in [6.07, 6.45) is 4.46. The number of halogens is 1. The molecule has 1 atom stereocenters. The fraction of sp³-hybridized carbons (Fsp3) is 0.429. The molecule has 0 bridgehead atoms. The molecule has 2 aromatic rings. The minimum atomic E-state index is -0.192. The van der Waals surface area contributed by atoms with Crippen molar-refractivity contribution >= 4 is 0 Å². The predicted octanol–water partition coefficient (Wildman–Crippen LogP) is 5.05. The molecule has 1 saturated heterocycles. The first-order valence-electron chi connectivity index (χ1n) is 9.12. The number of nitrogens with zero attached hydrogens (tertiary/aromatic N) is 1. The zero-order valence-corrected chi connectivity index (χ0v) is 14.7. The van der Waals surface area contributed by atoms with Gasteiger partial charge >= 0.3 is 0 Å². The van der Waals surface area contributed by atoms with E-state index in [4.69, 9.17) is 4.74 Å². The van der Waals surface area contributed by atoms with Crippen molar-refractivity contribution in [2.75, 3.05) is 13.2 Å². The Morgan fingerprint density at radius 3 is 2.80 bits per heavy atom. The molecule has 1 heterocycles. The summed E-state index contributed by atoms with van der Waals surface area (Å²) in [5.41, 5.74) is 1.87. The predicted molar refractivity (Wildman–Crippen MR) is 97.3 cm³/mol. The van der Waals surface area contributed by atoms with Gasteiger partial charge in [-0.05, 0) is 50.1 Å². The highest BCUT2D eigenvalue weighted by Gasteiger charge is 2.24. The van der Waals surface area contributed by atoms with Crippen LogP contribution in [0.5, 0.6) is 11.5 Å². The Kier molecular flexibility index (Phi) is 5.92. The summed E-state index contributed by atoms with van der Waals surface area (Å²) in [5, 5.41) is 10.5. The van der Waals surface area contributed by atoms with Crippen LogP contribution < -0.4 is 4.74 Å². The van der Waals surface area contributed by atoms with Gasteiger partial charge in [0.15, 0.2) is 11.5 Å². The highest BCUT2D eigenvalue weighted by atomic mass is 19.1. The number of phenolic OH excluding ortho intramolecular Hbond substituents is 1. The number of likely N-dealkylation sites (tertiary alicyclic amines) is 1. The Morgan fingerprint density at radius 1 is 1.16 bits per heavy atom. The molecule has 1 N–H and O–H groups in total. The van der Waals surface area contributed by atoms with E-state index in [9.17, 15) is 9.50 Å². The molecule has 25 heavy (non-hydrogen) atoms. The van der Waals surface area contributed by atoms with E-state index in [1.807, 2.05) is 25.1 Å². The molecule has 1 fully saturated rings. The topological polar surface area (TPSA) is 32.7 Å². The largest absolute Gasteiger partial charge is 0.504 e. The average molecular weight is 343 g/mol. The summed E-state index contributed by atoms with van der Waals surface area (Å²) in [6, 6.07) is 12.7. The Labute approximate surface area is 149 Å². The second-order valence-corrected chi connectivity index (χ2v) is 6.59.